The molecule has 1 N–H and O–H groups in total. The molecular formula is C12H29NOSi2. The maximum Gasteiger partial charge on any atom is 0.0987 e. The third kappa shape index (κ3) is 3.82. The van der Waals surface area contributed by atoms with Gasteiger partial charge < -0.3 is 5.11 Å². The lowest BCUT2D eigenvalue weighted by molar-refractivity contribution is 0.208. The molecule has 0 aromatic heterocycles. The molecular weight excluding hydrogens is 230 g/mol. The van der Waals surface area contributed by atoms with Crippen LogP contribution >= 0.6 is 0 Å². The topological polar surface area (TPSA) is 32.6 Å². The summed E-state index contributed by atoms with van der Waals surface area (Å²) in [6.07, 6.45) is 0. The SMILES string of the molecule is CC(C)N=C(C(C)(O)[Si](C)(C)C)[Si](C)(C)C. The standard InChI is InChI=1S/C12H29NOSi2/c1-10(2)13-11(15(4,5)6)12(3,14)16(7,8)9/h10,14H,1-9H3. The first-order valence-electron chi connectivity index (χ1n) is 6.11. The highest BCUT2D eigenvalue weighted by molar-refractivity contribution is 7.09. The highest BCUT2D eigenvalue weighted by atomic mass is 28.3. The largest absolute Gasteiger partial charge is 0.388 e. The van der Waals surface area contributed by atoms with Gasteiger partial charge in [0.05, 0.1) is 21.4 Å². The van der Waals surface area contributed by atoms with E-state index in [4.69, 9.17) is 4.99 Å². The summed E-state index contributed by atoms with van der Waals surface area (Å²) in [7, 11) is -3.22. The predicted molar refractivity (Wildman–Crippen MR) is 79.9 cm³/mol. The first-order valence-corrected chi connectivity index (χ1v) is 13.1. The van der Waals surface area contributed by atoms with Crippen LogP contribution in [0, 0.1) is 0 Å². The van der Waals surface area contributed by atoms with Crippen molar-refractivity contribution in [1.82, 2.24) is 0 Å². The van der Waals surface area contributed by atoms with Crippen molar-refractivity contribution in [3.63, 3.8) is 0 Å². The molecule has 4 heteroatoms. The van der Waals surface area contributed by atoms with Crippen LogP contribution in [0.4, 0.5) is 0 Å². The van der Waals surface area contributed by atoms with Crippen LogP contribution in [-0.4, -0.2) is 37.9 Å². The third-order valence-electron chi connectivity index (χ3n) is 3.02. The van der Waals surface area contributed by atoms with Gasteiger partial charge in [-0.15, -0.1) is 0 Å². The molecule has 0 heterocycles. The summed E-state index contributed by atoms with van der Waals surface area (Å²) in [5, 5.41) is 11.3. The van der Waals surface area contributed by atoms with Gasteiger partial charge in [0.1, 0.15) is 0 Å². The maximum absolute atomic E-state index is 10.9. The van der Waals surface area contributed by atoms with E-state index in [0.717, 1.165) is 5.33 Å². The molecule has 0 aliphatic rings. The Morgan fingerprint density at radius 3 is 1.62 bits per heavy atom. The van der Waals surface area contributed by atoms with Crippen LogP contribution < -0.4 is 0 Å². The third-order valence-corrected chi connectivity index (χ3v) is 8.46. The lowest BCUT2D eigenvalue weighted by Crippen LogP contribution is -2.62. The quantitative estimate of drug-likeness (QED) is 0.609. The molecule has 0 fully saturated rings. The predicted octanol–water partition coefficient (Wildman–Crippen LogP) is 3.34. The summed E-state index contributed by atoms with van der Waals surface area (Å²) >= 11 is 0. The molecule has 0 aliphatic heterocycles. The maximum atomic E-state index is 10.9. The fourth-order valence-corrected chi connectivity index (χ4v) is 6.79. The Hall–Kier alpha value is 0.0638. The smallest absolute Gasteiger partial charge is 0.0987 e. The van der Waals surface area contributed by atoms with Crippen LogP contribution in [-0.2, 0) is 0 Å². The van der Waals surface area contributed by atoms with Crippen molar-refractivity contribution in [2.45, 2.75) is 71.3 Å². The summed E-state index contributed by atoms with van der Waals surface area (Å²) in [5.74, 6) is 0. The molecule has 0 aromatic carbocycles. The van der Waals surface area contributed by atoms with Crippen molar-refractivity contribution in [1.29, 1.82) is 0 Å². The lowest BCUT2D eigenvalue weighted by Gasteiger charge is -2.41. The van der Waals surface area contributed by atoms with E-state index < -0.39 is 21.4 Å². The number of nitrogens with zero attached hydrogens (tertiary/aromatic N) is 1. The van der Waals surface area contributed by atoms with E-state index in [1.165, 1.54) is 0 Å². The lowest BCUT2D eigenvalue weighted by atomic mass is 10.4. The first kappa shape index (κ1) is 16.1. The van der Waals surface area contributed by atoms with Gasteiger partial charge in [0.15, 0.2) is 0 Å². The molecule has 16 heavy (non-hydrogen) atoms. The molecule has 0 amide bonds. The van der Waals surface area contributed by atoms with Crippen LogP contribution in [0.3, 0.4) is 0 Å². The Balaban J connectivity index is 5.56. The monoisotopic (exact) mass is 259 g/mol. The van der Waals surface area contributed by atoms with Crippen LogP contribution in [0.1, 0.15) is 20.8 Å². The summed E-state index contributed by atoms with van der Waals surface area (Å²) in [6.45, 7) is 19.6. The summed E-state index contributed by atoms with van der Waals surface area (Å²) in [4.78, 5) is 4.75. The fraction of sp³-hybridized carbons (Fsp3) is 0.917. The number of hydrogen-bond acceptors (Lipinski definition) is 2. The second-order valence-electron chi connectivity index (χ2n) is 7.14. The van der Waals surface area contributed by atoms with Gasteiger partial charge in [-0.05, 0) is 20.8 Å². The minimum absolute atomic E-state index is 0.268. The van der Waals surface area contributed by atoms with Gasteiger partial charge in [-0.3, -0.25) is 4.99 Å². The summed E-state index contributed by atoms with van der Waals surface area (Å²) < 4.78 is 0. The highest BCUT2D eigenvalue weighted by Crippen LogP contribution is 2.27. The molecule has 0 aromatic rings. The molecule has 0 bridgehead atoms. The molecule has 0 radical (unpaired) electrons. The minimum atomic E-state index is -1.67. The Bertz CT molecular complexity index is 270. The van der Waals surface area contributed by atoms with Crippen molar-refractivity contribution in [2.75, 3.05) is 0 Å². The van der Waals surface area contributed by atoms with Crippen molar-refractivity contribution < 1.29 is 5.11 Å². The van der Waals surface area contributed by atoms with E-state index >= 15 is 0 Å². The Morgan fingerprint density at radius 1 is 1.06 bits per heavy atom. The Labute approximate surface area is 103 Å². The van der Waals surface area contributed by atoms with Crippen LogP contribution in [0.5, 0.6) is 0 Å². The van der Waals surface area contributed by atoms with Crippen LogP contribution in [0.15, 0.2) is 4.99 Å². The molecule has 2 nitrogen and oxygen atoms in total. The average Bonchev–Trinajstić information content (AvgIpc) is 1.95. The van der Waals surface area contributed by atoms with Gasteiger partial charge in [-0.25, -0.2) is 0 Å². The van der Waals surface area contributed by atoms with E-state index in [1.54, 1.807) is 0 Å². The molecule has 1 atom stereocenters. The molecule has 1 unspecified atom stereocenters. The second-order valence-corrected chi connectivity index (χ2v) is 17.6. The zero-order valence-corrected chi connectivity index (χ0v) is 14.5. The van der Waals surface area contributed by atoms with Crippen molar-refractivity contribution in [3.8, 4) is 0 Å². The number of aliphatic hydroxyl groups is 1. The van der Waals surface area contributed by atoms with E-state index in [9.17, 15) is 5.11 Å². The van der Waals surface area contributed by atoms with Gasteiger partial charge in [0.2, 0.25) is 0 Å². The molecule has 0 rings (SSSR count). The Morgan fingerprint density at radius 2 is 1.44 bits per heavy atom. The van der Waals surface area contributed by atoms with E-state index in [1.807, 2.05) is 6.92 Å². The zero-order valence-electron chi connectivity index (χ0n) is 12.5. The highest BCUT2D eigenvalue weighted by Gasteiger charge is 2.46. The number of aliphatic imine (C=N–C) groups is 1. The van der Waals surface area contributed by atoms with Gasteiger partial charge in [0.25, 0.3) is 0 Å². The number of hydrogen-bond donors (Lipinski definition) is 1. The van der Waals surface area contributed by atoms with Crippen LogP contribution in [0.25, 0.3) is 0 Å². The van der Waals surface area contributed by atoms with Crippen molar-refractivity contribution in [3.05, 3.63) is 0 Å². The molecule has 0 saturated carbocycles. The van der Waals surface area contributed by atoms with E-state index in [2.05, 4.69) is 53.1 Å². The van der Waals surface area contributed by atoms with Crippen LogP contribution in [0.2, 0.25) is 39.3 Å². The minimum Gasteiger partial charge on any atom is -0.388 e. The van der Waals surface area contributed by atoms with Gasteiger partial charge in [0, 0.05) is 11.4 Å². The summed E-state index contributed by atoms with van der Waals surface area (Å²) in [6, 6.07) is 0.268. The fourth-order valence-electron chi connectivity index (χ4n) is 1.66. The normalized spacial score (nSPS) is 18.8. The van der Waals surface area contributed by atoms with Crippen molar-refractivity contribution in [2.24, 2.45) is 4.99 Å². The number of rotatable bonds is 4. The molecule has 96 valence electrons. The first-order chi connectivity index (χ1) is 6.80. The van der Waals surface area contributed by atoms with E-state index in [0.29, 0.717) is 0 Å². The molecule has 0 aliphatic carbocycles. The average molecular weight is 260 g/mol. The van der Waals surface area contributed by atoms with Gasteiger partial charge in [-0.1, -0.05) is 39.3 Å². The van der Waals surface area contributed by atoms with Crippen molar-refractivity contribution >= 4 is 21.5 Å². The van der Waals surface area contributed by atoms with Gasteiger partial charge >= 0.3 is 0 Å². The summed E-state index contributed by atoms with van der Waals surface area (Å²) in [5.41, 5.74) is 0. The molecule has 0 spiro atoms. The zero-order chi connectivity index (χ0) is 13.4. The van der Waals surface area contributed by atoms with Gasteiger partial charge in [-0.2, -0.15) is 0 Å². The Kier molecular flexibility index (Phi) is 4.76. The molecule has 0 saturated heterocycles. The van der Waals surface area contributed by atoms with E-state index in [-0.39, 0.29) is 6.04 Å². The second kappa shape index (κ2) is 4.74.